The lowest BCUT2D eigenvalue weighted by molar-refractivity contribution is -0.128. The molecule has 3 aromatic rings. The van der Waals surface area contributed by atoms with E-state index >= 15 is 0 Å². The molecular formula is C22H21N3O3. The van der Waals surface area contributed by atoms with E-state index < -0.39 is 0 Å². The van der Waals surface area contributed by atoms with Crippen molar-refractivity contribution in [1.29, 1.82) is 0 Å². The Labute approximate surface area is 162 Å². The van der Waals surface area contributed by atoms with Crippen molar-refractivity contribution in [2.45, 2.75) is 19.0 Å². The van der Waals surface area contributed by atoms with Gasteiger partial charge in [0.25, 0.3) is 5.91 Å². The number of amides is 2. The number of rotatable bonds is 4. The normalized spacial score (nSPS) is 16.5. The van der Waals surface area contributed by atoms with E-state index in [9.17, 15) is 14.4 Å². The molecule has 2 heterocycles. The largest absolute Gasteiger partial charge is 0.347 e. The van der Waals surface area contributed by atoms with Crippen molar-refractivity contribution >= 4 is 22.6 Å². The lowest BCUT2D eigenvalue weighted by Crippen LogP contribution is -2.37. The van der Waals surface area contributed by atoms with E-state index in [4.69, 9.17) is 0 Å². The van der Waals surface area contributed by atoms with Gasteiger partial charge in [-0.1, -0.05) is 42.5 Å². The predicted octanol–water partition coefficient (Wildman–Crippen LogP) is 2.07. The third-order valence-corrected chi connectivity index (χ3v) is 5.14. The zero-order valence-electron chi connectivity index (χ0n) is 15.6. The number of hydrogen-bond acceptors (Lipinski definition) is 3. The van der Waals surface area contributed by atoms with Crippen LogP contribution >= 0.6 is 0 Å². The highest BCUT2D eigenvalue weighted by Gasteiger charge is 2.31. The number of fused-ring (bicyclic) bond motifs is 1. The van der Waals surface area contributed by atoms with Crippen molar-refractivity contribution < 1.29 is 9.59 Å². The zero-order valence-corrected chi connectivity index (χ0v) is 15.6. The second-order valence-electron chi connectivity index (χ2n) is 7.15. The summed E-state index contributed by atoms with van der Waals surface area (Å²) in [7, 11) is 1.60. The Hall–Kier alpha value is -3.41. The summed E-state index contributed by atoms with van der Waals surface area (Å²) in [5.41, 5.74) is 1.33. The maximum absolute atomic E-state index is 12.5. The van der Waals surface area contributed by atoms with E-state index in [1.807, 2.05) is 24.3 Å². The maximum Gasteiger partial charge on any atom is 0.253 e. The molecule has 0 spiro atoms. The van der Waals surface area contributed by atoms with Crippen LogP contribution in [0.3, 0.4) is 0 Å². The van der Waals surface area contributed by atoms with Gasteiger partial charge in [0, 0.05) is 38.8 Å². The Kier molecular flexibility index (Phi) is 4.69. The summed E-state index contributed by atoms with van der Waals surface area (Å²) < 4.78 is 1.36. The molecular weight excluding hydrogens is 354 g/mol. The summed E-state index contributed by atoms with van der Waals surface area (Å²) in [6.07, 6.45) is 1.78. The summed E-state index contributed by atoms with van der Waals surface area (Å²) in [5.74, 6) is -0.251. The molecule has 6 heteroatoms. The molecule has 1 N–H and O–H groups in total. The first-order valence-corrected chi connectivity index (χ1v) is 9.23. The van der Waals surface area contributed by atoms with Gasteiger partial charge in [-0.2, -0.15) is 0 Å². The van der Waals surface area contributed by atoms with Crippen molar-refractivity contribution in [3.8, 4) is 0 Å². The Morgan fingerprint density at radius 2 is 1.86 bits per heavy atom. The van der Waals surface area contributed by atoms with Crippen LogP contribution in [0.1, 0.15) is 22.3 Å². The number of benzene rings is 2. The molecule has 1 aromatic heterocycles. The second kappa shape index (κ2) is 7.31. The summed E-state index contributed by atoms with van der Waals surface area (Å²) >= 11 is 0. The van der Waals surface area contributed by atoms with Gasteiger partial charge in [0.1, 0.15) is 0 Å². The van der Waals surface area contributed by atoms with E-state index in [1.54, 1.807) is 11.9 Å². The number of hydrogen-bond donors (Lipinski definition) is 1. The third kappa shape index (κ3) is 3.53. The monoisotopic (exact) mass is 375 g/mol. The number of aryl methyl sites for hydroxylation is 1. The van der Waals surface area contributed by atoms with Gasteiger partial charge in [-0.3, -0.25) is 14.4 Å². The van der Waals surface area contributed by atoms with Crippen molar-refractivity contribution in [1.82, 2.24) is 14.8 Å². The first-order chi connectivity index (χ1) is 13.5. The van der Waals surface area contributed by atoms with Gasteiger partial charge in [-0.25, -0.2) is 0 Å². The van der Waals surface area contributed by atoms with Crippen LogP contribution in [0, 0.1) is 0 Å². The fourth-order valence-electron chi connectivity index (χ4n) is 3.65. The molecule has 0 unspecified atom stereocenters. The quantitative estimate of drug-likeness (QED) is 0.759. The first kappa shape index (κ1) is 18.0. The van der Waals surface area contributed by atoms with Crippen LogP contribution in [0.5, 0.6) is 0 Å². The highest BCUT2D eigenvalue weighted by Crippen LogP contribution is 2.22. The molecule has 0 aliphatic carbocycles. The molecule has 6 nitrogen and oxygen atoms in total. The molecule has 0 radical (unpaired) electrons. The zero-order chi connectivity index (χ0) is 19.7. The summed E-state index contributed by atoms with van der Waals surface area (Å²) in [6, 6.07) is 16.8. The first-order valence-electron chi connectivity index (χ1n) is 9.23. The Morgan fingerprint density at radius 1 is 1.07 bits per heavy atom. The van der Waals surface area contributed by atoms with Crippen LogP contribution in [0.4, 0.5) is 0 Å². The molecule has 1 atom stereocenters. The van der Waals surface area contributed by atoms with Gasteiger partial charge >= 0.3 is 0 Å². The van der Waals surface area contributed by atoms with Gasteiger partial charge in [-0.05, 0) is 22.4 Å². The minimum Gasteiger partial charge on any atom is -0.347 e. The number of aromatic nitrogens is 1. The fourth-order valence-corrected chi connectivity index (χ4v) is 3.65. The van der Waals surface area contributed by atoms with Crippen molar-refractivity contribution in [3.05, 3.63) is 82.3 Å². The van der Waals surface area contributed by atoms with Crippen LogP contribution in [0.2, 0.25) is 0 Å². The van der Waals surface area contributed by atoms with Gasteiger partial charge in [0.05, 0.1) is 11.6 Å². The SMILES string of the molecule is Cn1cc(C(=O)N[C@@H]2CC(=O)N(Cc3cccc4ccccc34)C2)ccc1=O. The lowest BCUT2D eigenvalue weighted by Gasteiger charge is -2.18. The molecule has 1 aliphatic heterocycles. The average molecular weight is 375 g/mol. The molecule has 1 fully saturated rings. The molecule has 142 valence electrons. The summed E-state index contributed by atoms with van der Waals surface area (Å²) in [6.45, 7) is 0.992. The minimum atomic E-state index is -0.277. The van der Waals surface area contributed by atoms with Gasteiger partial charge in [0.2, 0.25) is 11.5 Å². The number of pyridine rings is 1. The average Bonchev–Trinajstić information content (AvgIpc) is 3.03. The van der Waals surface area contributed by atoms with Crippen LogP contribution in [0.25, 0.3) is 10.8 Å². The molecule has 0 saturated carbocycles. The van der Waals surface area contributed by atoms with Crippen molar-refractivity contribution in [2.75, 3.05) is 6.54 Å². The second-order valence-corrected chi connectivity index (χ2v) is 7.15. The predicted molar refractivity (Wildman–Crippen MR) is 107 cm³/mol. The number of likely N-dealkylation sites (tertiary alicyclic amines) is 1. The van der Waals surface area contributed by atoms with Gasteiger partial charge < -0.3 is 14.8 Å². The van der Waals surface area contributed by atoms with Crippen molar-refractivity contribution in [2.24, 2.45) is 7.05 Å². The number of carbonyl (C=O) groups is 2. The highest BCUT2D eigenvalue weighted by atomic mass is 16.2. The standard InChI is InChI=1S/C22H21N3O3/c1-24-12-17(9-10-20(24)26)22(28)23-18-11-21(27)25(14-18)13-16-7-4-6-15-5-2-3-8-19(15)16/h2-10,12,18H,11,13-14H2,1H3,(H,23,28)/t18-/m1/s1. The maximum atomic E-state index is 12.5. The molecule has 2 aromatic carbocycles. The van der Waals surface area contributed by atoms with Crippen LogP contribution in [-0.4, -0.2) is 33.9 Å². The van der Waals surface area contributed by atoms with E-state index in [1.165, 1.54) is 22.9 Å². The smallest absolute Gasteiger partial charge is 0.253 e. The Balaban J connectivity index is 1.46. The van der Waals surface area contributed by atoms with Crippen molar-refractivity contribution in [3.63, 3.8) is 0 Å². The summed E-state index contributed by atoms with van der Waals surface area (Å²) in [4.78, 5) is 38.2. The molecule has 1 aliphatic rings. The molecule has 1 saturated heterocycles. The third-order valence-electron chi connectivity index (χ3n) is 5.14. The lowest BCUT2D eigenvalue weighted by atomic mass is 10.0. The topological polar surface area (TPSA) is 71.4 Å². The van der Waals surface area contributed by atoms with E-state index in [0.717, 1.165) is 16.3 Å². The minimum absolute atomic E-state index is 0.0266. The van der Waals surface area contributed by atoms with E-state index in [2.05, 4.69) is 23.5 Å². The Bertz CT molecular complexity index is 1110. The number of carbonyl (C=O) groups excluding carboxylic acids is 2. The van der Waals surface area contributed by atoms with Crippen LogP contribution < -0.4 is 10.9 Å². The molecule has 28 heavy (non-hydrogen) atoms. The van der Waals surface area contributed by atoms with Crippen LogP contribution in [0.15, 0.2) is 65.6 Å². The van der Waals surface area contributed by atoms with Gasteiger partial charge in [-0.15, -0.1) is 0 Å². The number of nitrogens with one attached hydrogen (secondary N) is 1. The van der Waals surface area contributed by atoms with Crippen LogP contribution in [-0.2, 0) is 18.4 Å². The molecule has 2 amide bonds. The van der Waals surface area contributed by atoms with E-state index in [0.29, 0.717) is 18.7 Å². The molecule has 4 rings (SSSR count). The highest BCUT2D eigenvalue weighted by molar-refractivity contribution is 5.94. The summed E-state index contributed by atoms with van der Waals surface area (Å²) in [5, 5.41) is 5.19. The molecule has 0 bridgehead atoms. The fraction of sp³-hybridized carbons (Fsp3) is 0.227. The van der Waals surface area contributed by atoms with Gasteiger partial charge in [0.15, 0.2) is 0 Å². The van der Waals surface area contributed by atoms with E-state index in [-0.39, 0.29) is 29.8 Å². The number of nitrogens with zero attached hydrogens (tertiary/aromatic N) is 2. The Morgan fingerprint density at radius 3 is 2.68 bits per heavy atom.